The predicted octanol–water partition coefficient (Wildman–Crippen LogP) is 4.50. The lowest BCUT2D eigenvalue weighted by atomic mass is 9.83. The minimum absolute atomic E-state index is 0.111. The molecule has 0 saturated heterocycles. The van der Waals surface area contributed by atoms with E-state index in [1.165, 1.54) is 21.7 Å². The number of carbonyl (C=O) groups excluding carboxylic acids is 1. The summed E-state index contributed by atoms with van der Waals surface area (Å²) in [5.41, 5.74) is 5.89. The van der Waals surface area contributed by atoms with E-state index in [1.807, 2.05) is 6.08 Å². The monoisotopic (exact) mass is 303 g/mol. The SMILES string of the molecule is O=CC1=Cc2ccc3n2[C@@H](c2ccccc2-3)[C@@H]1c1cccs1. The molecule has 0 bridgehead atoms. The second-order valence-corrected chi connectivity index (χ2v) is 6.78. The number of aromatic nitrogens is 1. The largest absolute Gasteiger partial charge is 0.332 e. The number of thiophene rings is 1. The molecule has 0 amide bonds. The number of carbonyl (C=O) groups is 1. The van der Waals surface area contributed by atoms with Gasteiger partial charge in [-0.15, -0.1) is 11.3 Å². The summed E-state index contributed by atoms with van der Waals surface area (Å²) >= 11 is 1.73. The number of fused-ring (bicyclic) bond motifs is 3. The molecule has 3 aromatic rings. The minimum Gasteiger partial charge on any atom is -0.332 e. The molecule has 0 fully saturated rings. The van der Waals surface area contributed by atoms with Gasteiger partial charge in [0, 0.05) is 33.3 Å². The van der Waals surface area contributed by atoms with Gasteiger partial charge < -0.3 is 4.57 Å². The van der Waals surface area contributed by atoms with Gasteiger partial charge in [-0.2, -0.15) is 0 Å². The van der Waals surface area contributed by atoms with E-state index >= 15 is 0 Å². The normalized spacial score (nSPS) is 21.2. The molecule has 2 atom stereocenters. The van der Waals surface area contributed by atoms with Gasteiger partial charge in [-0.25, -0.2) is 0 Å². The molecule has 4 heterocycles. The van der Waals surface area contributed by atoms with Gasteiger partial charge in [0.25, 0.3) is 0 Å². The van der Waals surface area contributed by atoms with Gasteiger partial charge in [0.1, 0.15) is 6.29 Å². The third-order valence-electron chi connectivity index (χ3n) is 4.76. The molecule has 2 aromatic heterocycles. The number of aldehydes is 1. The molecular weight excluding hydrogens is 290 g/mol. The van der Waals surface area contributed by atoms with Crippen molar-refractivity contribution < 1.29 is 4.79 Å². The third-order valence-corrected chi connectivity index (χ3v) is 5.71. The van der Waals surface area contributed by atoms with Crippen LogP contribution in [0.3, 0.4) is 0 Å². The minimum atomic E-state index is 0.111. The van der Waals surface area contributed by atoms with E-state index in [1.54, 1.807) is 11.3 Å². The molecule has 106 valence electrons. The van der Waals surface area contributed by atoms with Crippen LogP contribution in [-0.4, -0.2) is 10.9 Å². The van der Waals surface area contributed by atoms with Crippen LogP contribution in [0.4, 0.5) is 0 Å². The average Bonchev–Trinajstić information content (AvgIpc) is 3.27. The van der Waals surface area contributed by atoms with Crippen LogP contribution >= 0.6 is 11.3 Å². The van der Waals surface area contributed by atoms with E-state index in [4.69, 9.17) is 0 Å². The fourth-order valence-electron chi connectivity index (χ4n) is 3.91. The summed E-state index contributed by atoms with van der Waals surface area (Å²) in [6.07, 6.45) is 3.07. The number of hydrogen-bond acceptors (Lipinski definition) is 2. The summed E-state index contributed by atoms with van der Waals surface area (Å²) in [7, 11) is 0. The van der Waals surface area contributed by atoms with Crippen molar-refractivity contribution in [2.75, 3.05) is 0 Å². The summed E-state index contributed by atoms with van der Waals surface area (Å²) in [4.78, 5) is 13.0. The van der Waals surface area contributed by atoms with Gasteiger partial charge >= 0.3 is 0 Å². The van der Waals surface area contributed by atoms with E-state index in [-0.39, 0.29) is 12.0 Å². The van der Waals surface area contributed by atoms with Gasteiger partial charge in [0.15, 0.2) is 0 Å². The van der Waals surface area contributed by atoms with Crippen LogP contribution in [-0.2, 0) is 4.79 Å². The Hall–Kier alpha value is -2.39. The first kappa shape index (κ1) is 12.2. The summed E-state index contributed by atoms with van der Waals surface area (Å²) in [5.74, 6) is 0.111. The van der Waals surface area contributed by atoms with E-state index < -0.39 is 0 Å². The van der Waals surface area contributed by atoms with Crippen molar-refractivity contribution in [1.82, 2.24) is 4.57 Å². The van der Waals surface area contributed by atoms with Gasteiger partial charge in [-0.3, -0.25) is 4.79 Å². The highest BCUT2D eigenvalue weighted by Gasteiger charge is 2.40. The van der Waals surface area contributed by atoms with E-state index in [0.717, 1.165) is 17.6 Å². The highest BCUT2D eigenvalue weighted by Crippen LogP contribution is 2.53. The second kappa shape index (κ2) is 4.31. The third kappa shape index (κ3) is 1.41. The first-order valence-corrected chi connectivity index (χ1v) is 8.27. The summed E-state index contributed by atoms with van der Waals surface area (Å²) < 4.78 is 2.39. The molecule has 1 aromatic carbocycles. The molecule has 0 aliphatic carbocycles. The first-order valence-electron chi connectivity index (χ1n) is 7.39. The summed E-state index contributed by atoms with van der Waals surface area (Å²) in [6.45, 7) is 0. The Balaban J connectivity index is 1.84. The molecule has 3 heteroatoms. The van der Waals surface area contributed by atoms with Crippen LogP contribution in [0.5, 0.6) is 0 Å². The van der Waals surface area contributed by atoms with Crippen molar-refractivity contribution >= 4 is 23.7 Å². The number of benzene rings is 1. The maximum atomic E-state index is 11.7. The average molecular weight is 303 g/mol. The maximum Gasteiger partial charge on any atom is 0.146 e. The van der Waals surface area contributed by atoms with Gasteiger partial charge in [-0.05, 0) is 35.2 Å². The van der Waals surface area contributed by atoms with Crippen molar-refractivity contribution in [2.24, 2.45) is 0 Å². The van der Waals surface area contributed by atoms with Crippen LogP contribution in [0.15, 0.2) is 59.5 Å². The molecule has 5 rings (SSSR count). The van der Waals surface area contributed by atoms with E-state index in [0.29, 0.717) is 0 Å². The van der Waals surface area contributed by atoms with Gasteiger partial charge in [0.05, 0.1) is 6.04 Å². The number of nitrogens with zero attached hydrogens (tertiary/aromatic N) is 1. The van der Waals surface area contributed by atoms with E-state index in [9.17, 15) is 4.79 Å². The Kier molecular flexibility index (Phi) is 2.38. The van der Waals surface area contributed by atoms with Crippen molar-refractivity contribution in [1.29, 1.82) is 0 Å². The van der Waals surface area contributed by atoms with Crippen LogP contribution in [0.1, 0.15) is 28.1 Å². The maximum absolute atomic E-state index is 11.7. The Morgan fingerprint density at radius 2 is 1.95 bits per heavy atom. The molecule has 22 heavy (non-hydrogen) atoms. The molecule has 0 saturated carbocycles. The molecular formula is C19H13NOS. The number of rotatable bonds is 2. The van der Waals surface area contributed by atoms with Crippen molar-refractivity contribution in [3.05, 3.63) is 75.6 Å². The zero-order chi connectivity index (χ0) is 14.7. The van der Waals surface area contributed by atoms with Crippen molar-refractivity contribution in [3.8, 4) is 11.3 Å². The fourth-order valence-corrected chi connectivity index (χ4v) is 4.79. The Labute approximate surface area is 132 Å². The number of hydrogen-bond donors (Lipinski definition) is 0. The lowest BCUT2D eigenvalue weighted by molar-refractivity contribution is -0.105. The highest BCUT2D eigenvalue weighted by molar-refractivity contribution is 7.10. The molecule has 0 unspecified atom stereocenters. The summed E-state index contributed by atoms with van der Waals surface area (Å²) in [5, 5.41) is 2.09. The first-order chi connectivity index (χ1) is 10.9. The lowest BCUT2D eigenvalue weighted by Gasteiger charge is -2.30. The van der Waals surface area contributed by atoms with Gasteiger partial charge in [-0.1, -0.05) is 30.3 Å². The Morgan fingerprint density at radius 1 is 1.05 bits per heavy atom. The topological polar surface area (TPSA) is 22.0 Å². The quantitative estimate of drug-likeness (QED) is 0.639. The lowest BCUT2D eigenvalue weighted by Crippen LogP contribution is -2.22. The molecule has 0 radical (unpaired) electrons. The fraction of sp³-hybridized carbons (Fsp3) is 0.105. The highest BCUT2D eigenvalue weighted by atomic mass is 32.1. The number of allylic oxidation sites excluding steroid dienone is 1. The predicted molar refractivity (Wildman–Crippen MR) is 89.1 cm³/mol. The van der Waals surface area contributed by atoms with Crippen LogP contribution in [0.25, 0.3) is 17.3 Å². The molecule has 0 N–H and O–H groups in total. The second-order valence-electron chi connectivity index (χ2n) is 5.80. The molecule has 2 aliphatic rings. The molecule has 2 nitrogen and oxygen atoms in total. The van der Waals surface area contributed by atoms with Crippen LogP contribution < -0.4 is 0 Å². The van der Waals surface area contributed by atoms with Crippen molar-refractivity contribution in [3.63, 3.8) is 0 Å². The summed E-state index contributed by atoms with van der Waals surface area (Å²) in [6, 6.07) is 17.3. The van der Waals surface area contributed by atoms with Crippen molar-refractivity contribution in [2.45, 2.75) is 12.0 Å². The molecule has 2 aliphatic heterocycles. The molecule has 0 spiro atoms. The zero-order valence-corrected chi connectivity index (χ0v) is 12.6. The Morgan fingerprint density at radius 3 is 2.77 bits per heavy atom. The standard InChI is InChI=1S/C19H13NOS/c21-11-12-10-13-7-8-16-14-4-1-2-5-15(14)19(20(13)16)18(12)17-6-3-9-22-17/h1-11,18-19H/t18-,19-/m0/s1. The van der Waals surface area contributed by atoms with Gasteiger partial charge in [0.2, 0.25) is 0 Å². The van der Waals surface area contributed by atoms with Crippen LogP contribution in [0.2, 0.25) is 0 Å². The zero-order valence-electron chi connectivity index (χ0n) is 11.8. The smallest absolute Gasteiger partial charge is 0.146 e. The van der Waals surface area contributed by atoms with E-state index in [2.05, 4.69) is 58.5 Å². The Bertz CT molecular complexity index is 917. The van der Waals surface area contributed by atoms with Crippen LogP contribution in [0, 0.1) is 0 Å².